The summed E-state index contributed by atoms with van der Waals surface area (Å²) in [6.45, 7) is 4.46. The van der Waals surface area contributed by atoms with Gasteiger partial charge in [-0.15, -0.1) is 0 Å². The minimum atomic E-state index is -0.0538. The molecule has 0 aromatic carbocycles. The zero-order valence-electron chi connectivity index (χ0n) is 9.54. The first-order valence-electron chi connectivity index (χ1n) is 5.94. The highest BCUT2D eigenvalue weighted by molar-refractivity contribution is 7.99. The fourth-order valence-electron chi connectivity index (χ4n) is 2.14. The van der Waals surface area contributed by atoms with Crippen molar-refractivity contribution in [1.82, 2.24) is 0 Å². The lowest BCUT2D eigenvalue weighted by molar-refractivity contribution is 0.165. The van der Waals surface area contributed by atoms with Gasteiger partial charge in [0.05, 0.1) is 6.10 Å². The second-order valence-electron chi connectivity index (χ2n) is 4.97. The van der Waals surface area contributed by atoms with Crippen LogP contribution in [-0.2, 0) is 0 Å². The lowest BCUT2D eigenvalue weighted by atomic mass is 10.0. The normalized spacial score (nSPS) is 20.6. The molecule has 1 fully saturated rings. The van der Waals surface area contributed by atoms with Gasteiger partial charge < -0.3 is 5.11 Å². The summed E-state index contributed by atoms with van der Waals surface area (Å²) < 4.78 is 0. The van der Waals surface area contributed by atoms with E-state index in [1.54, 1.807) is 0 Å². The first-order chi connectivity index (χ1) is 6.68. The molecule has 0 spiro atoms. The predicted molar refractivity (Wildman–Crippen MR) is 64.7 cm³/mol. The van der Waals surface area contributed by atoms with Crippen molar-refractivity contribution in [3.8, 4) is 0 Å². The molecule has 0 aliphatic heterocycles. The average molecular weight is 216 g/mol. The van der Waals surface area contributed by atoms with E-state index in [1.165, 1.54) is 31.4 Å². The summed E-state index contributed by atoms with van der Waals surface area (Å²) in [4.78, 5) is 0. The van der Waals surface area contributed by atoms with Gasteiger partial charge >= 0.3 is 0 Å². The maximum Gasteiger partial charge on any atom is 0.0633 e. The lowest BCUT2D eigenvalue weighted by Crippen LogP contribution is -2.15. The Hall–Kier alpha value is 0.310. The van der Waals surface area contributed by atoms with E-state index in [0.717, 1.165) is 24.0 Å². The maximum atomic E-state index is 9.80. The molecule has 2 heteroatoms. The van der Waals surface area contributed by atoms with Crippen molar-refractivity contribution in [2.75, 3.05) is 11.5 Å². The van der Waals surface area contributed by atoms with Gasteiger partial charge in [-0.05, 0) is 24.0 Å². The van der Waals surface area contributed by atoms with E-state index in [0.29, 0.717) is 0 Å². The quantitative estimate of drug-likeness (QED) is 0.735. The van der Waals surface area contributed by atoms with Crippen molar-refractivity contribution in [1.29, 1.82) is 0 Å². The SMILES string of the molecule is CC(C)CSCC(O)CC1CCCC1. The van der Waals surface area contributed by atoms with Crippen molar-refractivity contribution in [2.45, 2.75) is 52.1 Å². The van der Waals surface area contributed by atoms with E-state index >= 15 is 0 Å². The average Bonchev–Trinajstić information content (AvgIpc) is 2.56. The van der Waals surface area contributed by atoms with Crippen molar-refractivity contribution in [3.63, 3.8) is 0 Å². The monoisotopic (exact) mass is 216 g/mol. The molecule has 1 N–H and O–H groups in total. The van der Waals surface area contributed by atoms with Crippen LogP contribution in [0.2, 0.25) is 0 Å². The van der Waals surface area contributed by atoms with Crippen LogP contribution in [0, 0.1) is 11.8 Å². The van der Waals surface area contributed by atoms with Crippen LogP contribution in [0.1, 0.15) is 46.0 Å². The fourth-order valence-corrected chi connectivity index (χ4v) is 3.15. The van der Waals surface area contributed by atoms with Crippen LogP contribution in [0.3, 0.4) is 0 Å². The minimum Gasteiger partial charge on any atom is -0.392 e. The van der Waals surface area contributed by atoms with E-state index in [9.17, 15) is 5.11 Å². The van der Waals surface area contributed by atoms with Crippen molar-refractivity contribution >= 4 is 11.8 Å². The zero-order chi connectivity index (χ0) is 10.4. The summed E-state index contributed by atoms with van der Waals surface area (Å²) in [6, 6.07) is 0. The molecule has 1 rings (SSSR count). The summed E-state index contributed by atoms with van der Waals surface area (Å²) in [7, 11) is 0. The van der Waals surface area contributed by atoms with Gasteiger partial charge in [0, 0.05) is 5.75 Å². The van der Waals surface area contributed by atoms with Crippen LogP contribution in [0.25, 0.3) is 0 Å². The number of hydrogen-bond acceptors (Lipinski definition) is 2. The molecule has 1 unspecified atom stereocenters. The standard InChI is InChI=1S/C12H24OS/c1-10(2)8-14-9-12(13)7-11-5-3-4-6-11/h10-13H,3-9H2,1-2H3. The molecule has 0 heterocycles. The van der Waals surface area contributed by atoms with Crippen LogP contribution in [0.15, 0.2) is 0 Å². The highest BCUT2D eigenvalue weighted by Gasteiger charge is 2.18. The summed E-state index contributed by atoms with van der Waals surface area (Å²) in [5, 5.41) is 9.80. The molecular formula is C12H24OS. The molecule has 1 aliphatic rings. The van der Waals surface area contributed by atoms with Gasteiger partial charge in [0.2, 0.25) is 0 Å². The molecule has 0 radical (unpaired) electrons. The molecule has 1 nitrogen and oxygen atoms in total. The molecule has 0 bridgehead atoms. The van der Waals surface area contributed by atoms with Crippen molar-refractivity contribution in [2.24, 2.45) is 11.8 Å². The zero-order valence-corrected chi connectivity index (χ0v) is 10.4. The second-order valence-corrected chi connectivity index (χ2v) is 6.05. The molecule has 84 valence electrons. The van der Waals surface area contributed by atoms with Crippen molar-refractivity contribution in [3.05, 3.63) is 0 Å². The molecule has 0 amide bonds. The minimum absolute atomic E-state index is 0.0538. The molecule has 1 atom stereocenters. The Labute approximate surface area is 92.7 Å². The Morgan fingerprint density at radius 1 is 1.21 bits per heavy atom. The van der Waals surface area contributed by atoms with E-state index in [4.69, 9.17) is 0 Å². The fraction of sp³-hybridized carbons (Fsp3) is 1.00. The van der Waals surface area contributed by atoms with Gasteiger partial charge in [-0.1, -0.05) is 39.5 Å². The van der Waals surface area contributed by atoms with Crippen LogP contribution < -0.4 is 0 Å². The highest BCUT2D eigenvalue weighted by Crippen LogP contribution is 2.29. The number of aliphatic hydroxyl groups excluding tert-OH is 1. The largest absolute Gasteiger partial charge is 0.392 e. The van der Waals surface area contributed by atoms with Crippen LogP contribution in [0.4, 0.5) is 0 Å². The Kier molecular flexibility index (Phi) is 5.95. The molecule has 14 heavy (non-hydrogen) atoms. The van der Waals surface area contributed by atoms with E-state index < -0.39 is 0 Å². The molecule has 1 saturated carbocycles. The summed E-state index contributed by atoms with van der Waals surface area (Å²) >= 11 is 1.90. The Morgan fingerprint density at radius 3 is 2.43 bits per heavy atom. The van der Waals surface area contributed by atoms with Gasteiger partial charge in [0.25, 0.3) is 0 Å². The molecular weight excluding hydrogens is 192 g/mol. The van der Waals surface area contributed by atoms with Crippen LogP contribution in [-0.4, -0.2) is 22.7 Å². The summed E-state index contributed by atoms with van der Waals surface area (Å²) in [5.41, 5.74) is 0. The Bertz CT molecular complexity index is 141. The van der Waals surface area contributed by atoms with Gasteiger partial charge in [-0.3, -0.25) is 0 Å². The molecule has 1 aliphatic carbocycles. The van der Waals surface area contributed by atoms with Crippen molar-refractivity contribution < 1.29 is 5.11 Å². The second kappa shape index (κ2) is 6.73. The number of rotatable bonds is 6. The third-order valence-corrected chi connectivity index (χ3v) is 4.36. The number of hydrogen-bond donors (Lipinski definition) is 1. The van der Waals surface area contributed by atoms with Crippen LogP contribution in [0.5, 0.6) is 0 Å². The van der Waals surface area contributed by atoms with Gasteiger partial charge in [-0.2, -0.15) is 11.8 Å². The third-order valence-electron chi connectivity index (χ3n) is 2.84. The lowest BCUT2D eigenvalue weighted by Gasteiger charge is -2.15. The predicted octanol–water partition coefficient (Wildman–Crippen LogP) is 3.32. The van der Waals surface area contributed by atoms with E-state index in [-0.39, 0.29) is 6.10 Å². The van der Waals surface area contributed by atoms with Gasteiger partial charge in [0.15, 0.2) is 0 Å². The molecule has 0 aromatic heterocycles. The third kappa shape index (κ3) is 5.26. The number of aliphatic hydroxyl groups is 1. The van der Waals surface area contributed by atoms with Crippen LogP contribution >= 0.6 is 11.8 Å². The molecule has 0 aromatic rings. The number of thioether (sulfide) groups is 1. The topological polar surface area (TPSA) is 20.2 Å². The molecule has 0 saturated heterocycles. The smallest absolute Gasteiger partial charge is 0.0633 e. The Morgan fingerprint density at radius 2 is 1.86 bits per heavy atom. The van der Waals surface area contributed by atoms with Gasteiger partial charge in [-0.25, -0.2) is 0 Å². The Balaban J connectivity index is 2.00. The first-order valence-corrected chi connectivity index (χ1v) is 7.09. The van der Waals surface area contributed by atoms with Gasteiger partial charge in [0.1, 0.15) is 0 Å². The summed E-state index contributed by atoms with van der Waals surface area (Å²) in [5.74, 6) is 3.69. The highest BCUT2D eigenvalue weighted by atomic mass is 32.2. The van der Waals surface area contributed by atoms with E-state index in [1.807, 2.05) is 11.8 Å². The van der Waals surface area contributed by atoms with E-state index in [2.05, 4.69) is 13.8 Å². The first kappa shape index (κ1) is 12.4. The maximum absolute atomic E-state index is 9.80. The summed E-state index contributed by atoms with van der Waals surface area (Å²) in [6.07, 6.45) is 6.47.